The van der Waals surface area contributed by atoms with Crippen LogP contribution in [-0.2, 0) is 14.3 Å². The monoisotopic (exact) mass is 286 g/mol. The van der Waals surface area contributed by atoms with E-state index in [1.807, 2.05) is 0 Å². The Morgan fingerprint density at radius 1 is 1.40 bits per heavy atom. The predicted octanol–water partition coefficient (Wildman–Crippen LogP) is 1.16. The Bertz CT molecular complexity index is 320. The van der Waals surface area contributed by atoms with E-state index in [2.05, 4.69) is 26.1 Å². The molecule has 1 rings (SSSR count). The van der Waals surface area contributed by atoms with Crippen molar-refractivity contribution in [1.82, 2.24) is 5.32 Å². The fourth-order valence-electron chi connectivity index (χ4n) is 3.05. The van der Waals surface area contributed by atoms with Crippen molar-refractivity contribution >= 4 is 5.91 Å². The minimum atomic E-state index is -0.102. The molecule has 0 heterocycles. The number of nitrogens with one attached hydrogen (secondary N) is 1. The molecule has 3 N–H and O–H groups in total. The van der Waals surface area contributed by atoms with Gasteiger partial charge in [-0.1, -0.05) is 20.8 Å². The van der Waals surface area contributed by atoms with Gasteiger partial charge in [0.1, 0.15) is 0 Å². The molecule has 5 heteroatoms. The van der Waals surface area contributed by atoms with Crippen LogP contribution in [0.2, 0.25) is 0 Å². The lowest BCUT2D eigenvalue weighted by Crippen LogP contribution is -2.52. The first-order valence-corrected chi connectivity index (χ1v) is 7.39. The summed E-state index contributed by atoms with van der Waals surface area (Å²) in [5.41, 5.74) is 6.05. The van der Waals surface area contributed by atoms with Crippen LogP contribution >= 0.6 is 0 Å². The van der Waals surface area contributed by atoms with E-state index in [-0.39, 0.29) is 29.4 Å². The molecule has 0 saturated heterocycles. The van der Waals surface area contributed by atoms with Crippen LogP contribution in [0.15, 0.2) is 0 Å². The zero-order chi connectivity index (χ0) is 15.3. The molecule has 1 aliphatic rings. The summed E-state index contributed by atoms with van der Waals surface area (Å²) in [5.74, 6) is 0.452. The molecular formula is C15H30N2O3. The van der Waals surface area contributed by atoms with Gasteiger partial charge in [-0.15, -0.1) is 0 Å². The summed E-state index contributed by atoms with van der Waals surface area (Å²) >= 11 is 0. The Hall–Kier alpha value is -0.650. The number of methoxy groups -OCH3 is 2. The van der Waals surface area contributed by atoms with E-state index in [4.69, 9.17) is 15.2 Å². The largest absolute Gasteiger partial charge is 0.382 e. The molecule has 1 saturated carbocycles. The second-order valence-electron chi connectivity index (χ2n) is 6.46. The molecule has 1 fully saturated rings. The van der Waals surface area contributed by atoms with Gasteiger partial charge in [0.25, 0.3) is 0 Å². The Morgan fingerprint density at radius 2 is 2.05 bits per heavy atom. The van der Waals surface area contributed by atoms with Gasteiger partial charge in [0.05, 0.1) is 12.7 Å². The van der Waals surface area contributed by atoms with E-state index >= 15 is 0 Å². The molecule has 4 unspecified atom stereocenters. The van der Waals surface area contributed by atoms with Gasteiger partial charge in [-0.2, -0.15) is 0 Å². The number of ether oxygens (including phenoxy) is 2. The first-order valence-electron chi connectivity index (χ1n) is 7.39. The quantitative estimate of drug-likeness (QED) is 0.768. The fraction of sp³-hybridized carbons (Fsp3) is 0.933. The third-order valence-electron chi connectivity index (χ3n) is 5.01. The molecule has 0 spiro atoms. The molecule has 0 radical (unpaired) electrons. The first kappa shape index (κ1) is 17.4. The Morgan fingerprint density at radius 3 is 2.60 bits per heavy atom. The second-order valence-corrected chi connectivity index (χ2v) is 6.46. The predicted molar refractivity (Wildman–Crippen MR) is 79.3 cm³/mol. The van der Waals surface area contributed by atoms with E-state index in [0.29, 0.717) is 19.1 Å². The highest BCUT2D eigenvalue weighted by atomic mass is 16.5. The normalized spacial score (nSPS) is 30.8. The molecule has 20 heavy (non-hydrogen) atoms. The molecule has 0 aromatic rings. The van der Waals surface area contributed by atoms with Crippen LogP contribution in [0.25, 0.3) is 0 Å². The van der Waals surface area contributed by atoms with Gasteiger partial charge >= 0.3 is 0 Å². The molecular weight excluding hydrogens is 256 g/mol. The van der Waals surface area contributed by atoms with Gasteiger partial charge in [-0.3, -0.25) is 4.79 Å². The lowest BCUT2D eigenvalue weighted by atomic mass is 9.61. The number of rotatable bonds is 6. The first-order chi connectivity index (χ1) is 9.34. The Labute approximate surface area is 122 Å². The van der Waals surface area contributed by atoms with E-state index in [1.54, 1.807) is 14.2 Å². The Balaban J connectivity index is 2.58. The summed E-state index contributed by atoms with van der Waals surface area (Å²) in [5, 5.41) is 2.99. The maximum atomic E-state index is 12.4. The van der Waals surface area contributed by atoms with Crippen LogP contribution in [0, 0.1) is 17.3 Å². The van der Waals surface area contributed by atoms with E-state index in [1.165, 1.54) is 0 Å². The Kier molecular flexibility index (Phi) is 6.43. The minimum absolute atomic E-state index is 0.0114. The van der Waals surface area contributed by atoms with Crippen molar-refractivity contribution in [2.75, 3.05) is 27.4 Å². The fourth-order valence-corrected chi connectivity index (χ4v) is 3.05. The van der Waals surface area contributed by atoms with Crippen molar-refractivity contribution in [3.05, 3.63) is 0 Å². The third-order valence-corrected chi connectivity index (χ3v) is 5.01. The summed E-state index contributed by atoms with van der Waals surface area (Å²) < 4.78 is 10.3. The minimum Gasteiger partial charge on any atom is -0.382 e. The van der Waals surface area contributed by atoms with Gasteiger partial charge in [0, 0.05) is 32.7 Å². The number of hydrogen-bond donors (Lipinski definition) is 2. The van der Waals surface area contributed by atoms with E-state index < -0.39 is 0 Å². The molecule has 0 aliphatic heterocycles. The van der Waals surface area contributed by atoms with Crippen LogP contribution in [0.4, 0.5) is 0 Å². The van der Waals surface area contributed by atoms with Gasteiger partial charge in [-0.25, -0.2) is 0 Å². The van der Waals surface area contributed by atoms with Crippen molar-refractivity contribution in [3.8, 4) is 0 Å². The summed E-state index contributed by atoms with van der Waals surface area (Å²) in [6, 6.07) is 0.189. The van der Waals surface area contributed by atoms with Crippen molar-refractivity contribution in [2.45, 2.75) is 45.8 Å². The molecule has 0 aromatic heterocycles. The summed E-state index contributed by atoms with van der Waals surface area (Å²) in [6.45, 7) is 7.39. The molecule has 4 atom stereocenters. The SMILES string of the molecule is COCC(CNC(=O)C1CCC(N)C(C)C1(C)C)OC. The third kappa shape index (κ3) is 3.93. The molecule has 0 aromatic carbocycles. The van der Waals surface area contributed by atoms with Gasteiger partial charge < -0.3 is 20.5 Å². The van der Waals surface area contributed by atoms with E-state index in [9.17, 15) is 4.79 Å². The van der Waals surface area contributed by atoms with Crippen molar-refractivity contribution < 1.29 is 14.3 Å². The molecule has 0 bridgehead atoms. The summed E-state index contributed by atoms with van der Waals surface area (Å²) in [4.78, 5) is 12.4. The average molecular weight is 286 g/mol. The molecule has 1 aliphatic carbocycles. The van der Waals surface area contributed by atoms with Gasteiger partial charge in [0.2, 0.25) is 5.91 Å². The average Bonchev–Trinajstić information content (AvgIpc) is 2.40. The van der Waals surface area contributed by atoms with Crippen molar-refractivity contribution in [3.63, 3.8) is 0 Å². The smallest absolute Gasteiger partial charge is 0.223 e. The standard InChI is InChI=1S/C15H30N2O3/c1-10-13(16)7-6-12(15(10,2)3)14(18)17-8-11(20-5)9-19-4/h10-13H,6-9,16H2,1-5H3,(H,17,18). The summed E-state index contributed by atoms with van der Waals surface area (Å²) in [7, 11) is 3.25. The van der Waals surface area contributed by atoms with Gasteiger partial charge in [0.15, 0.2) is 0 Å². The number of carbonyl (C=O) groups is 1. The zero-order valence-electron chi connectivity index (χ0n) is 13.4. The summed E-state index contributed by atoms with van der Waals surface area (Å²) in [6.07, 6.45) is 1.66. The lowest BCUT2D eigenvalue weighted by molar-refractivity contribution is -0.133. The molecule has 1 amide bonds. The van der Waals surface area contributed by atoms with Crippen LogP contribution in [0.5, 0.6) is 0 Å². The maximum absolute atomic E-state index is 12.4. The van der Waals surface area contributed by atoms with Crippen molar-refractivity contribution in [2.24, 2.45) is 23.0 Å². The topological polar surface area (TPSA) is 73.6 Å². The highest BCUT2D eigenvalue weighted by molar-refractivity contribution is 5.79. The van der Waals surface area contributed by atoms with Crippen LogP contribution < -0.4 is 11.1 Å². The number of nitrogens with two attached hydrogens (primary N) is 1. The van der Waals surface area contributed by atoms with E-state index in [0.717, 1.165) is 12.8 Å². The number of carbonyl (C=O) groups excluding carboxylic acids is 1. The van der Waals surface area contributed by atoms with Gasteiger partial charge in [-0.05, 0) is 24.2 Å². The van der Waals surface area contributed by atoms with Crippen molar-refractivity contribution in [1.29, 1.82) is 0 Å². The maximum Gasteiger partial charge on any atom is 0.223 e. The highest BCUT2D eigenvalue weighted by Crippen LogP contribution is 2.44. The highest BCUT2D eigenvalue weighted by Gasteiger charge is 2.44. The number of hydrogen-bond acceptors (Lipinski definition) is 4. The van der Waals surface area contributed by atoms with Crippen LogP contribution in [0.3, 0.4) is 0 Å². The van der Waals surface area contributed by atoms with Crippen LogP contribution in [-0.4, -0.2) is 45.4 Å². The lowest BCUT2D eigenvalue weighted by Gasteiger charge is -2.46. The zero-order valence-corrected chi connectivity index (χ0v) is 13.4. The van der Waals surface area contributed by atoms with Crippen LogP contribution in [0.1, 0.15) is 33.6 Å². The molecule has 5 nitrogen and oxygen atoms in total. The molecule has 118 valence electrons. The second kappa shape index (κ2) is 7.38. The number of amides is 1.